The molecule has 1 unspecified atom stereocenters. The number of carbonyl (C=O) groups is 1. The summed E-state index contributed by atoms with van der Waals surface area (Å²) in [5.74, 6) is 0.309. The topological polar surface area (TPSA) is 23.6 Å². The van der Waals surface area contributed by atoms with Crippen molar-refractivity contribution in [1.29, 1.82) is 0 Å². The van der Waals surface area contributed by atoms with Crippen LogP contribution in [0.4, 0.5) is 0 Å². The van der Waals surface area contributed by atoms with Crippen molar-refractivity contribution in [2.24, 2.45) is 5.41 Å². The van der Waals surface area contributed by atoms with Crippen molar-refractivity contribution >= 4 is 5.78 Å². The first-order valence-electron chi connectivity index (χ1n) is 11.9. The highest BCUT2D eigenvalue weighted by molar-refractivity contribution is 5.98. The Labute approximate surface area is 197 Å². The van der Waals surface area contributed by atoms with E-state index in [0.29, 0.717) is 18.7 Å². The van der Waals surface area contributed by atoms with Crippen molar-refractivity contribution in [2.75, 3.05) is 6.54 Å². The Bertz CT molecular complexity index is 1140. The van der Waals surface area contributed by atoms with Crippen LogP contribution in [0, 0.1) is 5.41 Å². The van der Waals surface area contributed by atoms with Gasteiger partial charge in [0.2, 0.25) is 0 Å². The fraction of sp³-hybridized carbons (Fsp3) is 0.300. The van der Waals surface area contributed by atoms with Crippen LogP contribution in [-0.2, 0) is 17.9 Å². The second-order valence-corrected chi connectivity index (χ2v) is 10.2. The lowest BCUT2D eigenvalue weighted by Crippen LogP contribution is -2.49. The molecule has 3 aromatic carbocycles. The Hall–Kier alpha value is -3.17. The van der Waals surface area contributed by atoms with Crippen LogP contribution in [0.3, 0.4) is 0 Å². The van der Waals surface area contributed by atoms with Crippen LogP contribution in [-0.4, -0.2) is 22.1 Å². The van der Waals surface area contributed by atoms with Crippen molar-refractivity contribution in [1.82, 2.24) is 9.80 Å². The fourth-order valence-electron chi connectivity index (χ4n) is 5.35. The monoisotopic (exact) mass is 436 g/mol. The molecule has 0 fully saturated rings. The van der Waals surface area contributed by atoms with Gasteiger partial charge >= 0.3 is 0 Å². The molecule has 0 spiro atoms. The summed E-state index contributed by atoms with van der Waals surface area (Å²) < 4.78 is 0. The predicted octanol–water partition coefficient (Wildman–Crippen LogP) is 6.35. The standard InChI is InChI=1S/C30H32N2O/c1-30(2)18-27-26(28(33)19-30)22-31(20-23-12-6-3-7-13-23)29(25-16-10-5-11-17-25)32(27)21-24-14-8-4-9-15-24/h3-17,29H,18-22H2,1-2H3. The predicted molar refractivity (Wildman–Crippen MR) is 133 cm³/mol. The number of ketones is 1. The maximum absolute atomic E-state index is 13.4. The summed E-state index contributed by atoms with van der Waals surface area (Å²) in [6.45, 7) is 6.74. The third kappa shape index (κ3) is 4.65. The molecule has 0 saturated carbocycles. The van der Waals surface area contributed by atoms with Crippen molar-refractivity contribution in [2.45, 2.75) is 45.9 Å². The zero-order valence-electron chi connectivity index (χ0n) is 19.6. The minimum Gasteiger partial charge on any atom is -0.350 e. The van der Waals surface area contributed by atoms with Gasteiger partial charge in [0.15, 0.2) is 5.78 Å². The highest BCUT2D eigenvalue weighted by Crippen LogP contribution is 2.46. The summed E-state index contributed by atoms with van der Waals surface area (Å²) in [6.07, 6.45) is 1.64. The summed E-state index contributed by atoms with van der Waals surface area (Å²) in [5.41, 5.74) is 6.03. The fourth-order valence-corrected chi connectivity index (χ4v) is 5.35. The molecule has 0 N–H and O–H groups in total. The number of benzene rings is 3. The second kappa shape index (κ2) is 8.99. The quantitative estimate of drug-likeness (QED) is 0.466. The third-order valence-electron chi connectivity index (χ3n) is 6.84. The number of rotatable bonds is 5. The minimum absolute atomic E-state index is 0.0201. The Morgan fingerprint density at radius 2 is 1.30 bits per heavy atom. The smallest absolute Gasteiger partial charge is 0.162 e. The minimum atomic E-state index is -0.0201. The summed E-state index contributed by atoms with van der Waals surface area (Å²) in [7, 11) is 0. The van der Waals surface area contributed by atoms with Gasteiger partial charge in [-0.15, -0.1) is 0 Å². The maximum atomic E-state index is 13.4. The van der Waals surface area contributed by atoms with E-state index in [1.54, 1.807) is 0 Å². The summed E-state index contributed by atoms with van der Waals surface area (Å²) in [6, 6.07) is 32.0. The number of carbonyl (C=O) groups excluding carboxylic acids is 1. The first-order valence-corrected chi connectivity index (χ1v) is 11.9. The van der Waals surface area contributed by atoms with Gasteiger partial charge in [0.1, 0.15) is 6.17 Å². The second-order valence-electron chi connectivity index (χ2n) is 10.2. The molecule has 168 valence electrons. The van der Waals surface area contributed by atoms with E-state index in [4.69, 9.17) is 0 Å². The third-order valence-corrected chi connectivity index (χ3v) is 6.84. The number of allylic oxidation sites excluding steroid dienone is 1. The van der Waals surface area contributed by atoms with Gasteiger partial charge < -0.3 is 4.90 Å². The molecule has 33 heavy (non-hydrogen) atoms. The van der Waals surface area contributed by atoms with E-state index in [-0.39, 0.29) is 11.6 Å². The average molecular weight is 437 g/mol. The highest BCUT2D eigenvalue weighted by atomic mass is 16.1. The zero-order chi connectivity index (χ0) is 22.8. The van der Waals surface area contributed by atoms with Gasteiger partial charge in [0, 0.05) is 37.3 Å². The van der Waals surface area contributed by atoms with Crippen LogP contribution in [0.2, 0.25) is 0 Å². The van der Waals surface area contributed by atoms with E-state index in [9.17, 15) is 4.79 Å². The van der Waals surface area contributed by atoms with E-state index in [2.05, 4.69) is 115 Å². The van der Waals surface area contributed by atoms with E-state index in [1.165, 1.54) is 22.4 Å². The van der Waals surface area contributed by atoms with Crippen molar-refractivity contribution in [3.05, 3.63) is 119 Å². The molecule has 0 bridgehead atoms. The van der Waals surface area contributed by atoms with E-state index in [0.717, 1.165) is 25.1 Å². The normalized spacial score (nSPS) is 20.6. The highest BCUT2D eigenvalue weighted by Gasteiger charge is 2.42. The Balaban J connectivity index is 1.63. The van der Waals surface area contributed by atoms with Gasteiger partial charge in [0.25, 0.3) is 0 Å². The van der Waals surface area contributed by atoms with Crippen molar-refractivity contribution in [3.8, 4) is 0 Å². The Morgan fingerprint density at radius 3 is 1.91 bits per heavy atom. The first-order chi connectivity index (χ1) is 16.0. The Kier molecular flexibility index (Phi) is 5.90. The average Bonchev–Trinajstić information content (AvgIpc) is 2.81. The van der Waals surface area contributed by atoms with E-state index >= 15 is 0 Å². The number of hydrogen-bond acceptors (Lipinski definition) is 3. The van der Waals surface area contributed by atoms with Crippen molar-refractivity contribution < 1.29 is 4.79 Å². The lowest BCUT2D eigenvalue weighted by molar-refractivity contribution is -0.120. The maximum Gasteiger partial charge on any atom is 0.162 e. The molecule has 1 aliphatic carbocycles. The molecule has 3 heteroatoms. The van der Waals surface area contributed by atoms with Crippen LogP contribution >= 0.6 is 0 Å². The molecule has 1 aliphatic heterocycles. The molecule has 1 heterocycles. The first kappa shape index (κ1) is 21.7. The zero-order valence-corrected chi connectivity index (χ0v) is 19.6. The molecule has 0 aromatic heterocycles. The molecule has 0 saturated heterocycles. The van der Waals surface area contributed by atoms with Crippen LogP contribution in [0.25, 0.3) is 0 Å². The van der Waals surface area contributed by atoms with Crippen LogP contribution in [0.1, 0.15) is 49.5 Å². The van der Waals surface area contributed by atoms with Gasteiger partial charge in [-0.25, -0.2) is 0 Å². The van der Waals surface area contributed by atoms with Crippen molar-refractivity contribution in [3.63, 3.8) is 0 Å². The van der Waals surface area contributed by atoms with Gasteiger partial charge in [-0.1, -0.05) is 105 Å². The van der Waals surface area contributed by atoms with Crippen LogP contribution in [0.15, 0.2) is 102 Å². The molecule has 3 nitrogen and oxygen atoms in total. The number of nitrogens with zero attached hydrogens (tertiary/aromatic N) is 2. The molecule has 0 amide bonds. The molecule has 3 aromatic rings. The number of hydrogen-bond donors (Lipinski definition) is 0. The van der Waals surface area contributed by atoms with Crippen LogP contribution < -0.4 is 0 Å². The van der Waals surface area contributed by atoms with Gasteiger partial charge in [-0.2, -0.15) is 0 Å². The van der Waals surface area contributed by atoms with E-state index in [1.807, 2.05) is 0 Å². The summed E-state index contributed by atoms with van der Waals surface area (Å²) in [5, 5.41) is 0. The molecule has 2 aliphatic rings. The lowest BCUT2D eigenvalue weighted by atomic mass is 9.74. The van der Waals surface area contributed by atoms with Gasteiger partial charge in [-0.3, -0.25) is 9.69 Å². The van der Waals surface area contributed by atoms with E-state index < -0.39 is 0 Å². The molecule has 1 atom stereocenters. The largest absolute Gasteiger partial charge is 0.350 e. The summed E-state index contributed by atoms with van der Waals surface area (Å²) in [4.78, 5) is 18.4. The Morgan fingerprint density at radius 1 is 0.758 bits per heavy atom. The SMILES string of the molecule is CC1(C)CC(=O)C2=C(C1)N(Cc1ccccc1)C(c1ccccc1)N(Cc1ccccc1)C2. The van der Waals surface area contributed by atoms with Gasteiger partial charge in [0.05, 0.1) is 0 Å². The summed E-state index contributed by atoms with van der Waals surface area (Å²) >= 11 is 0. The number of Topliss-reactive ketones (excluding diaryl/α,β-unsaturated/α-hetero) is 1. The van der Waals surface area contributed by atoms with Gasteiger partial charge in [-0.05, 0) is 28.5 Å². The molecule has 5 rings (SSSR count). The van der Waals surface area contributed by atoms with Crippen LogP contribution in [0.5, 0.6) is 0 Å². The molecule has 0 radical (unpaired) electrons. The molecular formula is C30H32N2O. The lowest BCUT2D eigenvalue weighted by Gasteiger charge is -2.50. The molecular weight excluding hydrogens is 404 g/mol.